The van der Waals surface area contributed by atoms with E-state index in [9.17, 15) is 0 Å². The van der Waals surface area contributed by atoms with Crippen LogP contribution in [-0.4, -0.2) is 22.6 Å². The molecule has 3 nitrogen and oxygen atoms in total. The third-order valence-corrected chi connectivity index (χ3v) is 2.56. The van der Waals surface area contributed by atoms with E-state index in [4.69, 9.17) is 14.9 Å². The zero-order valence-corrected chi connectivity index (χ0v) is 8.05. The number of epoxide rings is 1. The highest BCUT2D eigenvalue weighted by molar-refractivity contribution is 5.26. The molecule has 0 saturated carbocycles. The fraction of sp³-hybridized carbons (Fsp3) is 0.455. The van der Waals surface area contributed by atoms with Gasteiger partial charge in [0, 0.05) is 0 Å². The van der Waals surface area contributed by atoms with Crippen LogP contribution in [0.2, 0.25) is 0 Å². The maximum absolute atomic E-state index is 9.09. The SMILES string of the molecule is CC(Cc1ccc(O)cc1)C1OC1O. The molecule has 2 N–H and O–H groups in total. The van der Waals surface area contributed by atoms with Gasteiger partial charge in [-0.25, -0.2) is 0 Å². The van der Waals surface area contributed by atoms with E-state index in [0.717, 1.165) is 12.0 Å². The Morgan fingerprint density at radius 3 is 2.43 bits per heavy atom. The number of hydrogen-bond acceptors (Lipinski definition) is 3. The van der Waals surface area contributed by atoms with Crippen LogP contribution >= 0.6 is 0 Å². The third kappa shape index (κ3) is 2.05. The molecular formula is C11H14O3. The Morgan fingerprint density at radius 2 is 1.93 bits per heavy atom. The summed E-state index contributed by atoms with van der Waals surface area (Å²) in [6.07, 6.45) is 0.285. The highest BCUT2D eigenvalue weighted by Crippen LogP contribution is 2.29. The van der Waals surface area contributed by atoms with Crippen LogP contribution < -0.4 is 0 Å². The summed E-state index contributed by atoms with van der Waals surface area (Å²) in [4.78, 5) is 0. The molecule has 0 aromatic heterocycles. The summed E-state index contributed by atoms with van der Waals surface area (Å²) < 4.78 is 4.98. The van der Waals surface area contributed by atoms with E-state index in [1.165, 1.54) is 0 Å². The molecule has 3 unspecified atom stereocenters. The Kier molecular flexibility index (Phi) is 2.44. The van der Waals surface area contributed by atoms with Crippen LogP contribution in [0.5, 0.6) is 5.75 Å². The zero-order valence-electron chi connectivity index (χ0n) is 8.05. The van der Waals surface area contributed by atoms with E-state index in [1.54, 1.807) is 12.1 Å². The molecule has 1 aliphatic heterocycles. The van der Waals surface area contributed by atoms with E-state index < -0.39 is 6.29 Å². The molecule has 76 valence electrons. The first kappa shape index (κ1) is 9.49. The Labute approximate surface area is 83.0 Å². The maximum Gasteiger partial charge on any atom is 0.182 e. The molecule has 0 amide bonds. The van der Waals surface area contributed by atoms with Crippen molar-refractivity contribution in [1.29, 1.82) is 0 Å². The monoisotopic (exact) mass is 194 g/mol. The van der Waals surface area contributed by atoms with Crippen molar-refractivity contribution in [2.45, 2.75) is 25.7 Å². The number of aliphatic hydroxyl groups is 1. The topological polar surface area (TPSA) is 53.0 Å². The standard InChI is InChI=1S/C11H14O3/c1-7(10-11(13)14-10)6-8-2-4-9(12)5-3-8/h2-5,7,10-13H,6H2,1H3. The van der Waals surface area contributed by atoms with Crippen molar-refractivity contribution in [1.82, 2.24) is 0 Å². The molecule has 3 heteroatoms. The van der Waals surface area contributed by atoms with E-state index >= 15 is 0 Å². The van der Waals surface area contributed by atoms with E-state index in [1.807, 2.05) is 19.1 Å². The van der Waals surface area contributed by atoms with Gasteiger partial charge in [0.25, 0.3) is 0 Å². The second-order valence-corrected chi connectivity index (χ2v) is 3.84. The van der Waals surface area contributed by atoms with Crippen LogP contribution in [0, 0.1) is 5.92 Å². The number of phenols is 1. The van der Waals surface area contributed by atoms with E-state index in [-0.39, 0.29) is 11.9 Å². The fourth-order valence-corrected chi connectivity index (χ4v) is 1.65. The molecular weight excluding hydrogens is 180 g/mol. The molecule has 1 heterocycles. The van der Waals surface area contributed by atoms with E-state index in [0.29, 0.717) is 5.92 Å². The van der Waals surface area contributed by atoms with Gasteiger partial charge in [0.2, 0.25) is 0 Å². The van der Waals surface area contributed by atoms with Crippen molar-refractivity contribution < 1.29 is 14.9 Å². The second-order valence-electron chi connectivity index (χ2n) is 3.84. The van der Waals surface area contributed by atoms with Crippen molar-refractivity contribution >= 4 is 0 Å². The number of rotatable bonds is 3. The van der Waals surface area contributed by atoms with Gasteiger partial charge < -0.3 is 14.9 Å². The largest absolute Gasteiger partial charge is 0.508 e. The van der Waals surface area contributed by atoms with Gasteiger partial charge in [-0.05, 0) is 30.0 Å². The van der Waals surface area contributed by atoms with Crippen LogP contribution in [0.3, 0.4) is 0 Å². The molecule has 0 aliphatic carbocycles. The Bertz CT molecular complexity index is 307. The maximum atomic E-state index is 9.09. The fourth-order valence-electron chi connectivity index (χ4n) is 1.65. The van der Waals surface area contributed by atoms with Crippen molar-refractivity contribution in [2.75, 3.05) is 0 Å². The van der Waals surface area contributed by atoms with Crippen molar-refractivity contribution in [2.24, 2.45) is 5.92 Å². The summed E-state index contributed by atoms with van der Waals surface area (Å²) >= 11 is 0. The lowest BCUT2D eigenvalue weighted by atomic mass is 9.98. The summed E-state index contributed by atoms with van der Waals surface area (Å²) in [5, 5.41) is 18.1. The number of ether oxygens (including phenoxy) is 1. The second kappa shape index (κ2) is 3.59. The Morgan fingerprint density at radius 1 is 1.36 bits per heavy atom. The van der Waals surface area contributed by atoms with Crippen LogP contribution in [0.4, 0.5) is 0 Å². The smallest absolute Gasteiger partial charge is 0.182 e. The first-order valence-electron chi connectivity index (χ1n) is 4.78. The summed E-state index contributed by atoms with van der Waals surface area (Å²) in [5.74, 6) is 0.596. The van der Waals surface area contributed by atoms with Crippen molar-refractivity contribution in [3.05, 3.63) is 29.8 Å². The molecule has 0 bridgehead atoms. The molecule has 0 spiro atoms. The summed E-state index contributed by atoms with van der Waals surface area (Å²) in [7, 11) is 0. The lowest BCUT2D eigenvalue weighted by Crippen LogP contribution is -2.09. The van der Waals surface area contributed by atoms with Crippen molar-refractivity contribution in [3.63, 3.8) is 0 Å². The molecule has 1 fully saturated rings. The van der Waals surface area contributed by atoms with Gasteiger partial charge in [0.05, 0.1) is 0 Å². The number of phenolic OH excluding ortho intramolecular Hbond substituents is 1. The van der Waals surface area contributed by atoms with Crippen LogP contribution in [0.25, 0.3) is 0 Å². The number of aliphatic hydroxyl groups excluding tert-OH is 1. The minimum absolute atomic E-state index is 0.0104. The lowest BCUT2D eigenvalue weighted by molar-refractivity contribution is 0.155. The lowest BCUT2D eigenvalue weighted by Gasteiger charge is -2.07. The van der Waals surface area contributed by atoms with Gasteiger partial charge in [-0.2, -0.15) is 0 Å². The number of benzene rings is 1. The first-order chi connectivity index (χ1) is 6.66. The summed E-state index contributed by atoms with van der Waals surface area (Å²) in [5.41, 5.74) is 1.15. The summed E-state index contributed by atoms with van der Waals surface area (Å²) in [6, 6.07) is 7.12. The predicted octanol–water partition coefficient (Wildman–Crippen LogP) is 1.29. The third-order valence-electron chi connectivity index (χ3n) is 2.56. The Balaban J connectivity index is 1.93. The van der Waals surface area contributed by atoms with E-state index in [2.05, 4.69) is 0 Å². The number of hydrogen-bond donors (Lipinski definition) is 2. The molecule has 3 atom stereocenters. The average molecular weight is 194 g/mol. The normalized spacial score (nSPS) is 27.3. The Hall–Kier alpha value is -1.06. The van der Waals surface area contributed by atoms with Crippen LogP contribution in [0.15, 0.2) is 24.3 Å². The molecule has 1 aromatic carbocycles. The zero-order chi connectivity index (χ0) is 10.1. The molecule has 0 radical (unpaired) electrons. The average Bonchev–Trinajstić information content (AvgIpc) is 2.87. The van der Waals surface area contributed by atoms with Gasteiger partial charge in [-0.1, -0.05) is 19.1 Å². The highest BCUT2D eigenvalue weighted by Gasteiger charge is 2.41. The molecule has 1 saturated heterocycles. The first-order valence-corrected chi connectivity index (χ1v) is 4.78. The van der Waals surface area contributed by atoms with Crippen molar-refractivity contribution in [3.8, 4) is 5.75 Å². The highest BCUT2D eigenvalue weighted by atomic mass is 16.7. The van der Waals surface area contributed by atoms with Crippen LogP contribution in [0.1, 0.15) is 12.5 Å². The molecule has 2 rings (SSSR count). The summed E-state index contributed by atoms with van der Waals surface area (Å²) in [6.45, 7) is 2.05. The number of aromatic hydroxyl groups is 1. The van der Waals surface area contributed by atoms with Crippen LogP contribution in [-0.2, 0) is 11.2 Å². The van der Waals surface area contributed by atoms with Gasteiger partial charge in [0.1, 0.15) is 11.9 Å². The predicted molar refractivity (Wildman–Crippen MR) is 51.9 cm³/mol. The quantitative estimate of drug-likeness (QED) is 0.713. The minimum atomic E-state index is -0.567. The van der Waals surface area contributed by atoms with Gasteiger partial charge >= 0.3 is 0 Å². The molecule has 1 aliphatic rings. The van der Waals surface area contributed by atoms with Gasteiger partial charge in [0.15, 0.2) is 6.29 Å². The molecule has 1 aromatic rings. The minimum Gasteiger partial charge on any atom is -0.508 e. The van der Waals surface area contributed by atoms with Gasteiger partial charge in [-0.3, -0.25) is 0 Å². The van der Waals surface area contributed by atoms with Gasteiger partial charge in [-0.15, -0.1) is 0 Å². The molecule has 14 heavy (non-hydrogen) atoms.